The van der Waals surface area contributed by atoms with Gasteiger partial charge in [-0.2, -0.15) is 15.0 Å². The van der Waals surface area contributed by atoms with Crippen molar-refractivity contribution >= 4 is 23.5 Å². The molecule has 1 aliphatic carbocycles. The molecular formula is C14H22ClN5. The van der Waals surface area contributed by atoms with E-state index in [9.17, 15) is 0 Å². The van der Waals surface area contributed by atoms with Gasteiger partial charge in [-0.1, -0.05) is 12.8 Å². The number of anilines is 2. The molecule has 1 aromatic rings. The van der Waals surface area contributed by atoms with Gasteiger partial charge >= 0.3 is 0 Å². The first-order valence-corrected chi connectivity index (χ1v) is 8.09. The maximum Gasteiger partial charge on any atom is 0.231 e. The third-order valence-electron chi connectivity index (χ3n) is 4.00. The van der Waals surface area contributed by atoms with E-state index < -0.39 is 0 Å². The van der Waals surface area contributed by atoms with E-state index in [0.717, 1.165) is 31.5 Å². The summed E-state index contributed by atoms with van der Waals surface area (Å²) in [5, 5.41) is 3.56. The zero-order valence-electron chi connectivity index (χ0n) is 11.8. The number of piperidine rings is 1. The molecule has 0 spiro atoms. The van der Waals surface area contributed by atoms with Crippen LogP contribution in [-0.2, 0) is 0 Å². The maximum absolute atomic E-state index is 6.01. The highest BCUT2D eigenvalue weighted by atomic mass is 35.5. The van der Waals surface area contributed by atoms with E-state index in [1.54, 1.807) is 0 Å². The second-order valence-electron chi connectivity index (χ2n) is 5.79. The first kappa shape index (κ1) is 13.9. The first-order chi connectivity index (χ1) is 9.81. The van der Waals surface area contributed by atoms with E-state index in [4.69, 9.17) is 11.6 Å². The SMILES string of the molecule is Clc1nc(NCCCC2CC2)nc(N2CCCCC2)n1. The van der Waals surface area contributed by atoms with E-state index in [1.807, 2.05) is 0 Å². The summed E-state index contributed by atoms with van der Waals surface area (Å²) < 4.78 is 0. The van der Waals surface area contributed by atoms with E-state index in [2.05, 4.69) is 25.2 Å². The van der Waals surface area contributed by atoms with E-state index >= 15 is 0 Å². The molecule has 0 aromatic carbocycles. The summed E-state index contributed by atoms with van der Waals surface area (Å²) in [4.78, 5) is 15.1. The Bertz CT molecular complexity index is 443. The molecule has 0 radical (unpaired) electrons. The topological polar surface area (TPSA) is 53.9 Å². The molecule has 20 heavy (non-hydrogen) atoms. The van der Waals surface area contributed by atoms with Crippen LogP contribution in [0.5, 0.6) is 0 Å². The molecule has 0 bridgehead atoms. The summed E-state index contributed by atoms with van der Waals surface area (Å²) in [5.74, 6) is 2.30. The Labute approximate surface area is 125 Å². The van der Waals surface area contributed by atoms with Crippen LogP contribution >= 0.6 is 11.6 Å². The number of hydrogen-bond donors (Lipinski definition) is 1. The van der Waals surface area contributed by atoms with Gasteiger partial charge in [-0.3, -0.25) is 0 Å². The van der Waals surface area contributed by atoms with Crippen molar-refractivity contribution in [3.63, 3.8) is 0 Å². The maximum atomic E-state index is 6.01. The molecule has 110 valence electrons. The number of nitrogens with one attached hydrogen (secondary N) is 1. The zero-order chi connectivity index (χ0) is 13.8. The lowest BCUT2D eigenvalue weighted by molar-refractivity contribution is 0.567. The Balaban J connectivity index is 1.56. The van der Waals surface area contributed by atoms with Crippen molar-refractivity contribution in [2.75, 3.05) is 29.9 Å². The molecule has 1 saturated heterocycles. The minimum Gasteiger partial charge on any atom is -0.354 e. The molecule has 1 aromatic heterocycles. The fourth-order valence-corrected chi connectivity index (χ4v) is 2.81. The van der Waals surface area contributed by atoms with Crippen molar-refractivity contribution in [3.8, 4) is 0 Å². The summed E-state index contributed by atoms with van der Waals surface area (Å²) in [6.07, 6.45) is 9.01. The van der Waals surface area contributed by atoms with Crippen LogP contribution < -0.4 is 10.2 Å². The van der Waals surface area contributed by atoms with Gasteiger partial charge in [0.2, 0.25) is 17.2 Å². The normalized spacial score (nSPS) is 19.1. The Morgan fingerprint density at radius 1 is 1.10 bits per heavy atom. The summed E-state index contributed by atoms with van der Waals surface area (Å²) in [6.45, 7) is 2.94. The lowest BCUT2D eigenvalue weighted by atomic mass is 10.1. The quantitative estimate of drug-likeness (QED) is 0.817. The lowest BCUT2D eigenvalue weighted by Crippen LogP contribution is -2.31. The van der Waals surface area contributed by atoms with E-state index in [-0.39, 0.29) is 5.28 Å². The fraction of sp³-hybridized carbons (Fsp3) is 0.786. The number of rotatable bonds is 6. The van der Waals surface area contributed by atoms with Gasteiger partial charge in [0.25, 0.3) is 0 Å². The Morgan fingerprint density at radius 2 is 1.90 bits per heavy atom. The molecule has 1 N–H and O–H groups in total. The van der Waals surface area contributed by atoms with Gasteiger partial charge in [0.1, 0.15) is 0 Å². The van der Waals surface area contributed by atoms with Crippen molar-refractivity contribution in [1.82, 2.24) is 15.0 Å². The highest BCUT2D eigenvalue weighted by Crippen LogP contribution is 2.33. The summed E-state index contributed by atoms with van der Waals surface area (Å²) in [6, 6.07) is 0. The zero-order valence-corrected chi connectivity index (χ0v) is 12.6. The van der Waals surface area contributed by atoms with Crippen LogP contribution in [-0.4, -0.2) is 34.6 Å². The van der Waals surface area contributed by atoms with Crippen LogP contribution in [0.25, 0.3) is 0 Å². The Hall–Kier alpha value is -1.10. The molecule has 1 aliphatic heterocycles. The molecule has 3 rings (SSSR count). The van der Waals surface area contributed by atoms with Gasteiger partial charge in [-0.25, -0.2) is 0 Å². The molecule has 1 saturated carbocycles. The third kappa shape index (κ3) is 3.95. The van der Waals surface area contributed by atoms with E-state index in [1.165, 1.54) is 44.9 Å². The van der Waals surface area contributed by atoms with Crippen molar-refractivity contribution in [2.24, 2.45) is 5.92 Å². The molecule has 5 nitrogen and oxygen atoms in total. The molecular weight excluding hydrogens is 274 g/mol. The van der Waals surface area contributed by atoms with Gasteiger partial charge in [-0.15, -0.1) is 0 Å². The largest absolute Gasteiger partial charge is 0.354 e. The predicted octanol–water partition coefficient (Wildman–Crippen LogP) is 3.12. The number of hydrogen-bond acceptors (Lipinski definition) is 5. The average Bonchev–Trinajstić information content (AvgIpc) is 3.28. The molecule has 0 unspecified atom stereocenters. The molecule has 0 amide bonds. The van der Waals surface area contributed by atoms with Crippen molar-refractivity contribution in [3.05, 3.63) is 5.28 Å². The Kier molecular flexibility index (Phi) is 4.55. The van der Waals surface area contributed by atoms with Crippen molar-refractivity contribution in [1.29, 1.82) is 0 Å². The fourth-order valence-electron chi connectivity index (χ4n) is 2.65. The van der Waals surface area contributed by atoms with Crippen LogP contribution in [0, 0.1) is 5.92 Å². The van der Waals surface area contributed by atoms with Gasteiger partial charge in [0.15, 0.2) is 0 Å². The third-order valence-corrected chi connectivity index (χ3v) is 4.17. The number of aromatic nitrogens is 3. The monoisotopic (exact) mass is 295 g/mol. The molecule has 6 heteroatoms. The smallest absolute Gasteiger partial charge is 0.231 e. The summed E-state index contributed by atoms with van der Waals surface area (Å²) >= 11 is 6.01. The van der Waals surface area contributed by atoms with Crippen LogP contribution in [0.15, 0.2) is 0 Å². The van der Waals surface area contributed by atoms with Crippen molar-refractivity contribution in [2.45, 2.75) is 44.9 Å². The second kappa shape index (κ2) is 6.57. The Morgan fingerprint density at radius 3 is 2.65 bits per heavy atom. The van der Waals surface area contributed by atoms with Gasteiger partial charge in [0, 0.05) is 19.6 Å². The van der Waals surface area contributed by atoms with Crippen LogP contribution in [0.4, 0.5) is 11.9 Å². The van der Waals surface area contributed by atoms with Crippen LogP contribution in [0.3, 0.4) is 0 Å². The van der Waals surface area contributed by atoms with Crippen LogP contribution in [0.2, 0.25) is 5.28 Å². The number of nitrogens with zero attached hydrogens (tertiary/aromatic N) is 4. The highest BCUT2D eigenvalue weighted by Gasteiger charge is 2.20. The average molecular weight is 296 g/mol. The van der Waals surface area contributed by atoms with E-state index in [0.29, 0.717) is 5.95 Å². The molecule has 2 aliphatic rings. The molecule has 2 heterocycles. The minimum atomic E-state index is 0.283. The second-order valence-corrected chi connectivity index (χ2v) is 6.13. The van der Waals surface area contributed by atoms with Gasteiger partial charge in [-0.05, 0) is 49.6 Å². The first-order valence-electron chi connectivity index (χ1n) is 7.71. The summed E-state index contributed by atoms with van der Waals surface area (Å²) in [7, 11) is 0. The predicted molar refractivity (Wildman–Crippen MR) is 81.3 cm³/mol. The standard InChI is InChI=1S/C14H22ClN5/c15-12-17-13(16-8-4-5-11-6-7-11)19-14(18-12)20-9-2-1-3-10-20/h11H,1-10H2,(H,16,17,18,19). The lowest BCUT2D eigenvalue weighted by Gasteiger charge is -2.26. The van der Waals surface area contributed by atoms with Gasteiger partial charge < -0.3 is 10.2 Å². The van der Waals surface area contributed by atoms with Crippen molar-refractivity contribution < 1.29 is 0 Å². The van der Waals surface area contributed by atoms with Crippen LogP contribution in [0.1, 0.15) is 44.9 Å². The molecule has 0 atom stereocenters. The number of halogens is 1. The highest BCUT2D eigenvalue weighted by molar-refractivity contribution is 6.28. The molecule has 2 fully saturated rings. The van der Waals surface area contributed by atoms with Gasteiger partial charge in [0.05, 0.1) is 0 Å². The minimum absolute atomic E-state index is 0.283. The summed E-state index contributed by atoms with van der Waals surface area (Å²) in [5.41, 5.74) is 0.